The van der Waals surface area contributed by atoms with E-state index < -0.39 is 5.97 Å². The Morgan fingerprint density at radius 3 is 2.83 bits per heavy atom. The summed E-state index contributed by atoms with van der Waals surface area (Å²) in [5, 5.41) is 12.7. The number of hydrogen-bond acceptors (Lipinski definition) is 3. The lowest BCUT2D eigenvalue weighted by Gasteiger charge is -2.43. The highest BCUT2D eigenvalue weighted by molar-refractivity contribution is 5.71. The molecule has 0 aliphatic carbocycles. The summed E-state index contributed by atoms with van der Waals surface area (Å²) < 4.78 is 6.13. The molecule has 4 nitrogen and oxygen atoms in total. The highest BCUT2D eigenvalue weighted by atomic mass is 16.5. The molecule has 0 bridgehead atoms. The van der Waals surface area contributed by atoms with Crippen molar-refractivity contribution in [1.29, 1.82) is 0 Å². The molecule has 0 unspecified atom stereocenters. The second-order valence-electron chi connectivity index (χ2n) is 6.62. The minimum atomic E-state index is -0.804. The molecular formula is C20H21NO3. The van der Waals surface area contributed by atoms with E-state index in [1.54, 1.807) is 0 Å². The number of ether oxygens (including phenoxy) is 1. The molecule has 2 aliphatic heterocycles. The lowest BCUT2D eigenvalue weighted by Crippen LogP contribution is -2.36. The van der Waals surface area contributed by atoms with E-state index in [4.69, 9.17) is 9.84 Å². The predicted octanol–water partition coefficient (Wildman–Crippen LogP) is 3.95. The Hall–Kier alpha value is -2.33. The third-order valence-electron chi connectivity index (χ3n) is 5.04. The van der Waals surface area contributed by atoms with Gasteiger partial charge in [-0.2, -0.15) is 0 Å². The predicted molar refractivity (Wildman–Crippen MR) is 92.0 cm³/mol. The Morgan fingerprint density at radius 2 is 2.04 bits per heavy atom. The summed E-state index contributed by atoms with van der Waals surface area (Å²) in [6.07, 6.45) is 2.26. The molecule has 2 N–H and O–H groups in total. The van der Waals surface area contributed by atoms with Crippen LogP contribution in [0.3, 0.4) is 0 Å². The zero-order valence-corrected chi connectivity index (χ0v) is 13.4. The molecule has 24 heavy (non-hydrogen) atoms. The summed E-state index contributed by atoms with van der Waals surface area (Å²) in [5.41, 5.74) is 4.26. The highest BCUT2D eigenvalue weighted by Gasteiger charge is 2.39. The molecule has 0 saturated carbocycles. The van der Waals surface area contributed by atoms with Crippen molar-refractivity contribution in [2.75, 3.05) is 11.9 Å². The number of aliphatic carboxylic acids is 1. The van der Waals surface area contributed by atoms with Crippen molar-refractivity contribution in [3.8, 4) is 0 Å². The molecule has 4 heteroatoms. The molecule has 4 rings (SSSR count). The maximum absolute atomic E-state index is 11.0. The van der Waals surface area contributed by atoms with Crippen molar-refractivity contribution in [2.45, 2.75) is 31.4 Å². The molecule has 0 amide bonds. The first-order valence-electron chi connectivity index (χ1n) is 8.50. The fourth-order valence-corrected chi connectivity index (χ4v) is 4.00. The van der Waals surface area contributed by atoms with E-state index in [1.807, 2.05) is 24.3 Å². The van der Waals surface area contributed by atoms with Gasteiger partial charge in [-0.3, -0.25) is 4.79 Å². The van der Waals surface area contributed by atoms with Crippen LogP contribution in [0.5, 0.6) is 0 Å². The normalized spacial score (nSPS) is 25.2. The quantitative estimate of drug-likeness (QED) is 0.898. The van der Waals surface area contributed by atoms with E-state index in [-0.39, 0.29) is 18.6 Å². The molecule has 124 valence electrons. The molecule has 3 atom stereocenters. The SMILES string of the molecule is O=C(O)Cc1ccc2c(c1)[C@H]1OCCC[C@H]1[C@H](c1ccccc1)N2. The monoisotopic (exact) mass is 323 g/mol. The van der Waals surface area contributed by atoms with E-state index in [9.17, 15) is 4.79 Å². The summed E-state index contributed by atoms with van der Waals surface area (Å²) in [4.78, 5) is 11.0. The van der Waals surface area contributed by atoms with Crippen molar-refractivity contribution in [1.82, 2.24) is 0 Å². The number of carboxylic acid groups (broad SMARTS) is 1. The summed E-state index contributed by atoms with van der Waals surface area (Å²) in [6, 6.07) is 16.6. The van der Waals surface area contributed by atoms with E-state index >= 15 is 0 Å². The summed E-state index contributed by atoms with van der Waals surface area (Å²) in [5.74, 6) is -0.435. The van der Waals surface area contributed by atoms with Crippen LogP contribution in [-0.4, -0.2) is 17.7 Å². The molecule has 2 heterocycles. The lowest BCUT2D eigenvalue weighted by atomic mass is 9.77. The number of benzene rings is 2. The van der Waals surface area contributed by atoms with Gasteiger partial charge < -0.3 is 15.2 Å². The largest absolute Gasteiger partial charge is 0.481 e. The molecule has 2 aromatic rings. The molecule has 1 fully saturated rings. The van der Waals surface area contributed by atoms with Gasteiger partial charge in [0.25, 0.3) is 0 Å². The number of carbonyl (C=O) groups is 1. The van der Waals surface area contributed by atoms with E-state index in [2.05, 4.69) is 29.6 Å². The van der Waals surface area contributed by atoms with Crippen molar-refractivity contribution < 1.29 is 14.6 Å². The molecule has 1 saturated heterocycles. The van der Waals surface area contributed by atoms with Crippen LogP contribution in [0.2, 0.25) is 0 Å². The van der Waals surface area contributed by atoms with Gasteiger partial charge in [-0.1, -0.05) is 42.5 Å². The van der Waals surface area contributed by atoms with Crippen molar-refractivity contribution in [3.05, 3.63) is 65.2 Å². The zero-order valence-electron chi connectivity index (χ0n) is 13.4. The van der Waals surface area contributed by atoms with E-state index in [0.717, 1.165) is 36.3 Å². The van der Waals surface area contributed by atoms with Gasteiger partial charge in [0.15, 0.2) is 0 Å². The Labute approximate surface area is 141 Å². The van der Waals surface area contributed by atoms with E-state index in [1.165, 1.54) is 5.56 Å². The zero-order chi connectivity index (χ0) is 16.5. The van der Waals surface area contributed by atoms with E-state index in [0.29, 0.717) is 5.92 Å². The Morgan fingerprint density at radius 1 is 1.21 bits per heavy atom. The summed E-state index contributed by atoms with van der Waals surface area (Å²) >= 11 is 0. The van der Waals surface area contributed by atoms with Gasteiger partial charge in [0.05, 0.1) is 18.6 Å². The first-order valence-corrected chi connectivity index (χ1v) is 8.50. The fourth-order valence-electron chi connectivity index (χ4n) is 4.00. The van der Waals surface area contributed by atoms with Crippen LogP contribution in [0.1, 0.15) is 41.7 Å². The highest BCUT2D eigenvalue weighted by Crippen LogP contribution is 2.49. The van der Waals surface area contributed by atoms with Gasteiger partial charge in [-0.25, -0.2) is 0 Å². The maximum atomic E-state index is 11.0. The van der Waals surface area contributed by atoms with Crippen LogP contribution < -0.4 is 5.32 Å². The number of hydrogen-bond donors (Lipinski definition) is 2. The average molecular weight is 323 g/mol. The third-order valence-corrected chi connectivity index (χ3v) is 5.04. The van der Waals surface area contributed by atoms with Gasteiger partial charge in [-0.15, -0.1) is 0 Å². The molecular weight excluding hydrogens is 302 g/mol. The first kappa shape index (κ1) is 15.2. The Bertz CT molecular complexity index is 744. The second-order valence-corrected chi connectivity index (χ2v) is 6.62. The molecule has 0 aromatic heterocycles. The minimum Gasteiger partial charge on any atom is -0.481 e. The van der Waals surface area contributed by atoms with Crippen LogP contribution in [0.25, 0.3) is 0 Å². The number of anilines is 1. The van der Waals surface area contributed by atoms with Crippen LogP contribution in [0, 0.1) is 5.92 Å². The van der Waals surface area contributed by atoms with Crippen molar-refractivity contribution in [3.63, 3.8) is 0 Å². The maximum Gasteiger partial charge on any atom is 0.307 e. The lowest BCUT2D eigenvalue weighted by molar-refractivity contribution is -0.136. The Kier molecular flexibility index (Phi) is 3.98. The second kappa shape index (κ2) is 6.29. The number of nitrogens with one attached hydrogen (secondary N) is 1. The molecule has 2 aliphatic rings. The number of fused-ring (bicyclic) bond motifs is 3. The number of carboxylic acids is 1. The van der Waals surface area contributed by atoms with Gasteiger partial charge in [0, 0.05) is 23.8 Å². The summed E-state index contributed by atoms with van der Waals surface area (Å²) in [7, 11) is 0. The van der Waals surface area contributed by atoms with Gasteiger partial charge in [0.1, 0.15) is 0 Å². The topological polar surface area (TPSA) is 58.6 Å². The van der Waals surface area contributed by atoms with Crippen LogP contribution >= 0.6 is 0 Å². The van der Waals surface area contributed by atoms with Gasteiger partial charge in [0.2, 0.25) is 0 Å². The fraction of sp³-hybridized carbons (Fsp3) is 0.350. The minimum absolute atomic E-state index is 0.0361. The average Bonchev–Trinajstić information content (AvgIpc) is 2.61. The first-order chi connectivity index (χ1) is 11.7. The number of rotatable bonds is 3. The molecule has 0 radical (unpaired) electrons. The van der Waals surface area contributed by atoms with Crippen molar-refractivity contribution in [2.24, 2.45) is 5.92 Å². The van der Waals surface area contributed by atoms with Crippen LogP contribution in [0.15, 0.2) is 48.5 Å². The van der Waals surface area contributed by atoms with Gasteiger partial charge >= 0.3 is 5.97 Å². The van der Waals surface area contributed by atoms with Crippen molar-refractivity contribution >= 4 is 11.7 Å². The summed E-state index contributed by atoms with van der Waals surface area (Å²) in [6.45, 7) is 0.769. The molecule has 2 aromatic carbocycles. The van der Waals surface area contributed by atoms with Gasteiger partial charge in [-0.05, 0) is 30.0 Å². The standard InChI is InChI=1S/C20H21NO3/c22-18(23)12-13-8-9-17-16(11-13)20-15(7-4-10-24-20)19(21-17)14-5-2-1-3-6-14/h1-3,5-6,8-9,11,15,19-21H,4,7,10,12H2,(H,22,23)/t15-,19-,20-/m0/s1. The van der Waals surface area contributed by atoms with Crippen LogP contribution in [0.4, 0.5) is 5.69 Å². The smallest absolute Gasteiger partial charge is 0.307 e. The van der Waals surface area contributed by atoms with Crippen LogP contribution in [-0.2, 0) is 16.0 Å². The molecule has 0 spiro atoms. The Balaban J connectivity index is 1.73. The third kappa shape index (κ3) is 2.78.